The second kappa shape index (κ2) is 7.62. The fourth-order valence-electron chi connectivity index (χ4n) is 3.01. The third kappa shape index (κ3) is 5.25. The Labute approximate surface area is 159 Å². The van der Waals surface area contributed by atoms with E-state index in [9.17, 15) is 9.59 Å². The van der Waals surface area contributed by atoms with Gasteiger partial charge in [-0.25, -0.2) is 4.79 Å². The van der Waals surface area contributed by atoms with E-state index in [4.69, 9.17) is 9.15 Å². The highest BCUT2D eigenvalue weighted by atomic mass is 16.6. The highest BCUT2D eigenvalue weighted by Crippen LogP contribution is 2.28. The van der Waals surface area contributed by atoms with Gasteiger partial charge in [-0.05, 0) is 52.2 Å². The Kier molecular flexibility index (Phi) is 5.44. The van der Waals surface area contributed by atoms with Crippen molar-refractivity contribution in [3.63, 3.8) is 0 Å². The molecule has 1 fully saturated rings. The van der Waals surface area contributed by atoms with Gasteiger partial charge in [-0.15, -0.1) is 0 Å². The lowest BCUT2D eigenvalue weighted by Crippen LogP contribution is -2.42. The number of nitrogens with one attached hydrogen (secondary N) is 1. The van der Waals surface area contributed by atoms with E-state index in [0.717, 1.165) is 34.9 Å². The lowest BCUT2D eigenvalue weighted by molar-refractivity contribution is -0.120. The molecular weight excluding hydrogens is 344 g/mol. The van der Waals surface area contributed by atoms with E-state index >= 15 is 0 Å². The smallest absolute Gasteiger partial charge is 0.410 e. The molecule has 1 saturated carbocycles. The number of rotatable bonds is 6. The summed E-state index contributed by atoms with van der Waals surface area (Å²) in [6.45, 7) is 8.43. The summed E-state index contributed by atoms with van der Waals surface area (Å²) >= 11 is 0. The molecule has 6 nitrogen and oxygen atoms in total. The Morgan fingerprint density at radius 2 is 2.04 bits per heavy atom. The number of amides is 2. The van der Waals surface area contributed by atoms with Crippen LogP contribution in [0, 0.1) is 6.92 Å². The van der Waals surface area contributed by atoms with Gasteiger partial charge in [0.25, 0.3) is 0 Å². The van der Waals surface area contributed by atoms with Gasteiger partial charge in [0.05, 0.1) is 12.7 Å². The second-order valence-electron chi connectivity index (χ2n) is 8.19. The Balaban J connectivity index is 1.51. The molecule has 6 heteroatoms. The number of hydrogen-bond donors (Lipinski definition) is 1. The van der Waals surface area contributed by atoms with Crippen molar-refractivity contribution in [2.24, 2.45) is 0 Å². The van der Waals surface area contributed by atoms with E-state index < -0.39 is 5.60 Å². The zero-order chi connectivity index (χ0) is 19.6. The lowest BCUT2D eigenvalue weighted by atomic mass is 10.1. The molecule has 0 aliphatic heterocycles. The SMILES string of the molecule is Cc1ccc2c(CC(=O)NCCN(C(=O)OC(C)(C)C)C3CC3)coc2c1. The molecule has 1 aromatic heterocycles. The molecule has 1 aliphatic carbocycles. The molecule has 1 N–H and O–H groups in total. The van der Waals surface area contributed by atoms with Gasteiger partial charge in [0.1, 0.15) is 11.2 Å². The van der Waals surface area contributed by atoms with Crippen molar-refractivity contribution in [1.82, 2.24) is 10.2 Å². The summed E-state index contributed by atoms with van der Waals surface area (Å²) in [4.78, 5) is 26.3. The summed E-state index contributed by atoms with van der Waals surface area (Å²) in [7, 11) is 0. The quantitative estimate of drug-likeness (QED) is 0.837. The van der Waals surface area contributed by atoms with Crippen LogP contribution in [0.2, 0.25) is 0 Å². The van der Waals surface area contributed by atoms with Crippen LogP contribution in [0.25, 0.3) is 11.0 Å². The van der Waals surface area contributed by atoms with Crippen molar-refractivity contribution in [2.45, 2.75) is 58.6 Å². The monoisotopic (exact) mass is 372 g/mol. The van der Waals surface area contributed by atoms with Gasteiger partial charge in [0.2, 0.25) is 5.91 Å². The number of carbonyl (C=O) groups is 2. The average Bonchev–Trinajstić information content (AvgIpc) is 3.32. The second-order valence-corrected chi connectivity index (χ2v) is 8.19. The van der Waals surface area contributed by atoms with Gasteiger partial charge in [-0.1, -0.05) is 12.1 Å². The number of ether oxygens (including phenoxy) is 1. The van der Waals surface area contributed by atoms with Crippen LogP contribution in [0.5, 0.6) is 0 Å². The van der Waals surface area contributed by atoms with Crippen molar-refractivity contribution < 1.29 is 18.7 Å². The molecule has 0 saturated heterocycles. The van der Waals surface area contributed by atoms with E-state index in [2.05, 4.69) is 5.32 Å². The van der Waals surface area contributed by atoms with E-state index in [0.29, 0.717) is 13.1 Å². The molecule has 0 spiro atoms. The Bertz CT molecular complexity index is 830. The van der Waals surface area contributed by atoms with Gasteiger partial charge in [-0.2, -0.15) is 0 Å². The number of fused-ring (bicyclic) bond motifs is 1. The molecular formula is C21H28N2O4. The van der Waals surface area contributed by atoms with Crippen LogP contribution in [0.4, 0.5) is 4.79 Å². The van der Waals surface area contributed by atoms with E-state index in [1.54, 1.807) is 11.2 Å². The zero-order valence-corrected chi connectivity index (χ0v) is 16.5. The molecule has 0 atom stereocenters. The molecule has 27 heavy (non-hydrogen) atoms. The van der Waals surface area contributed by atoms with Gasteiger partial charge < -0.3 is 19.4 Å². The number of aryl methyl sites for hydroxylation is 1. The lowest BCUT2D eigenvalue weighted by Gasteiger charge is -2.27. The Hall–Kier alpha value is -2.50. The first-order chi connectivity index (χ1) is 12.7. The predicted molar refractivity (Wildman–Crippen MR) is 104 cm³/mol. The molecule has 1 aromatic carbocycles. The summed E-state index contributed by atoms with van der Waals surface area (Å²) in [6.07, 6.45) is 3.57. The molecule has 0 bridgehead atoms. The van der Waals surface area contributed by atoms with Crippen molar-refractivity contribution >= 4 is 23.0 Å². The average molecular weight is 372 g/mol. The minimum atomic E-state index is -0.520. The van der Waals surface area contributed by atoms with Crippen LogP contribution in [0.1, 0.15) is 44.7 Å². The summed E-state index contributed by atoms with van der Waals surface area (Å²) in [5.41, 5.74) is 2.26. The molecule has 1 aliphatic rings. The topological polar surface area (TPSA) is 71.8 Å². The largest absolute Gasteiger partial charge is 0.464 e. The number of furan rings is 1. The van der Waals surface area contributed by atoms with Crippen molar-refractivity contribution in [3.05, 3.63) is 35.6 Å². The number of nitrogens with zero attached hydrogens (tertiary/aromatic N) is 1. The molecule has 3 rings (SSSR count). The maximum Gasteiger partial charge on any atom is 0.410 e. The van der Waals surface area contributed by atoms with Gasteiger partial charge >= 0.3 is 6.09 Å². The van der Waals surface area contributed by atoms with Crippen LogP contribution in [0.3, 0.4) is 0 Å². The third-order valence-corrected chi connectivity index (χ3v) is 4.45. The van der Waals surface area contributed by atoms with Crippen molar-refractivity contribution in [2.75, 3.05) is 13.1 Å². The highest BCUT2D eigenvalue weighted by Gasteiger charge is 2.34. The summed E-state index contributed by atoms with van der Waals surface area (Å²) in [5.74, 6) is -0.0850. The third-order valence-electron chi connectivity index (χ3n) is 4.45. The normalized spacial score (nSPS) is 14.2. The molecule has 1 heterocycles. The maximum absolute atomic E-state index is 12.3. The number of hydrogen-bond acceptors (Lipinski definition) is 4. The van der Waals surface area contributed by atoms with Gasteiger partial charge in [-0.3, -0.25) is 4.79 Å². The van der Waals surface area contributed by atoms with Crippen molar-refractivity contribution in [3.8, 4) is 0 Å². The first-order valence-corrected chi connectivity index (χ1v) is 9.46. The Morgan fingerprint density at radius 3 is 2.70 bits per heavy atom. The summed E-state index contributed by atoms with van der Waals surface area (Å²) in [5, 5.41) is 3.86. The fourth-order valence-corrected chi connectivity index (χ4v) is 3.01. The van der Waals surface area contributed by atoms with Crippen LogP contribution in [0.15, 0.2) is 28.9 Å². The standard InChI is InChI=1S/C21H28N2O4/c1-14-5-8-17-15(13-26-18(17)11-14)12-19(24)22-9-10-23(16-6-7-16)20(25)27-21(2,3)4/h5,8,11,13,16H,6-7,9-10,12H2,1-4H3,(H,22,24). The van der Waals surface area contributed by atoms with E-state index in [1.165, 1.54) is 0 Å². The minimum Gasteiger partial charge on any atom is -0.464 e. The fraction of sp³-hybridized carbons (Fsp3) is 0.524. The number of carbonyl (C=O) groups excluding carboxylic acids is 2. The summed E-state index contributed by atoms with van der Waals surface area (Å²) < 4.78 is 11.0. The molecule has 2 aromatic rings. The van der Waals surface area contributed by atoms with Crippen LogP contribution in [-0.2, 0) is 16.0 Å². The van der Waals surface area contributed by atoms with Gasteiger partial charge in [0, 0.05) is 30.1 Å². The Morgan fingerprint density at radius 1 is 1.30 bits per heavy atom. The first kappa shape index (κ1) is 19.3. The molecule has 2 amide bonds. The van der Waals surface area contributed by atoms with E-state index in [1.807, 2.05) is 45.9 Å². The minimum absolute atomic E-state index is 0.0850. The van der Waals surface area contributed by atoms with Crippen molar-refractivity contribution in [1.29, 1.82) is 0 Å². The summed E-state index contributed by atoms with van der Waals surface area (Å²) in [6, 6.07) is 6.19. The maximum atomic E-state index is 12.3. The van der Waals surface area contributed by atoms with E-state index in [-0.39, 0.29) is 24.5 Å². The van der Waals surface area contributed by atoms with Crippen LogP contribution >= 0.6 is 0 Å². The predicted octanol–water partition coefficient (Wildman–Crippen LogP) is 3.80. The highest BCUT2D eigenvalue weighted by molar-refractivity contribution is 5.87. The van der Waals surface area contributed by atoms with Crippen LogP contribution in [-0.4, -0.2) is 41.6 Å². The number of benzene rings is 1. The zero-order valence-electron chi connectivity index (χ0n) is 16.5. The molecule has 0 radical (unpaired) electrons. The van der Waals surface area contributed by atoms with Gasteiger partial charge in [0.15, 0.2) is 0 Å². The molecule has 146 valence electrons. The first-order valence-electron chi connectivity index (χ1n) is 9.46. The molecule has 0 unspecified atom stereocenters. The van der Waals surface area contributed by atoms with Crippen LogP contribution < -0.4 is 5.32 Å².